The normalized spacial score (nSPS) is 13.1. The number of rotatable bonds is 12. The van der Waals surface area contributed by atoms with Crippen LogP contribution in [-0.2, 0) is 0 Å². The Bertz CT molecular complexity index is 353. The monoisotopic (exact) mass is 306 g/mol. The molecular weight excluding hydrogens is 272 g/mol. The molecule has 1 aromatic rings. The van der Waals surface area contributed by atoms with Crippen LogP contribution in [0.3, 0.4) is 0 Å². The van der Waals surface area contributed by atoms with E-state index < -0.39 is 6.29 Å². The maximum Gasteiger partial charge on any atom is 0.203 e. The summed E-state index contributed by atoms with van der Waals surface area (Å²) in [5.74, 6) is 0.767. The molecule has 0 saturated carbocycles. The van der Waals surface area contributed by atoms with Gasteiger partial charge in [0.2, 0.25) is 6.29 Å². The van der Waals surface area contributed by atoms with Crippen LogP contribution in [0.2, 0.25) is 0 Å². The molecule has 0 aliphatic carbocycles. The van der Waals surface area contributed by atoms with Crippen molar-refractivity contribution in [2.75, 3.05) is 0 Å². The summed E-state index contributed by atoms with van der Waals surface area (Å²) in [4.78, 5) is 0. The van der Waals surface area contributed by atoms with Crippen LogP contribution in [-0.4, -0.2) is 11.4 Å². The predicted molar refractivity (Wildman–Crippen MR) is 94.1 cm³/mol. The van der Waals surface area contributed by atoms with E-state index in [9.17, 15) is 5.11 Å². The quantitative estimate of drug-likeness (QED) is 0.484. The van der Waals surface area contributed by atoms with Gasteiger partial charge in [-0.05, 0) is 31.4 Å². The number of para-hydroxylation sites is 1. The molecule has 0 heterocycles. The van der Waals surface area contributed by atoms with Crippen LogP contribution in [0.1, 0.15) is 78.6 Å². The lowest BCUT2D eigenvalue weighted by Crippen LogP contribution is -2.39. The van der Waals surface area contributed by atoms with E-state index in [4.69, 9.17) is 4.74 Å². The molecule has 1 unspecified atom stereocenters. The summed E-state index contributed by atoms with van der Waals surface area (Å²) < 4.78 is 5.93. The van der Waals surface area contributed by atoms with Crippen LogP contribution in [0.25, 0.3) is 0 Å². The zero-order valence-corrected chi connectivity index (χ0v) is 14.7. The number of ether oxygens (including phenoxy) is 1. The van der Waals surface area contributed by atoms with Crippen molar-refractivity contribution in [3.63, 3.8) is 0 Å². The minimum atomic E-state index is -0.709. The molecule has 0 spiro atoms. The van der Waals surface area contributed by atoms with E-state index >= 15 is 0 Å². The molecule has 0 amide bonds. The summed E-state index contributed by atoms with van der Waals surface area (Å²) in [6.07, 6.45) is 9.41. The number of aliphatic hydroxyl groups is 1. The molecule has 0 aliphatic heterocycles. The highest BCUT2D eigenvalue weighted by Gasteiger charge is 2.37. The fourth-order valence-electron chi connectivity index (χ4n) is 3.08. The molecule has 1 aromatic carbocycles. The highest BCUT2D eigenvalue weighted by molar-refractivity contribution is 5.21. The lowest BCUT2D eigenvalue weighted by molar-refractivity contribution is -0.129. The third-order valence-electron chi connectivity index (χ3n) is 4.60. The van der Waals surface area contributed by atoms with E-state index in [-0.39, 0.29) is 5.41 Å². The van der Waals surface area contributed by atoms with Crippen LogP contribution in [0.5, 0.6) is 5.75 Å². The second kappa shape index (κ2) is 10.7. The van der Waals surface area contributed by atoms with Crippen LogP contribution in [0, 0.1) is 5.41 Å². The van der Waals surface area contributed by atoms with E-state index in [1.54, 1.807) is 0 Å². The van der Waals surface area contributed by atoms with Crippen molar-refractivity contribution in [1.29, 1.82) is 0 Å². The molecule has 1 rings (SSSR count). The number of aliphatic hydroxyl groups excluding tert-OH is 1. The van der Waals surface area contributed by atoms with Crippen molar-refractivity contribution in [1.82, 2.24) is 0 Å². The first kappa shape index (κ1) is 19.0. The second-order valence-corrected chi connectivity index (χ2v) is 6.46. The standard InChI is InChI=1S/C20H34O2/c1-4-7-15-20(16-8-5-2,17-9-6-3)19(21)22-18-13-11-10-12-14-18/h10-14,19,21H,4-9,15-17H2,1-3H3. The highest BCUT2D eigenvalue weighted by Crippen LogP contribution is 2.40. The molecule has 2 heteroatoms. The van der Waals surface area contributed by atoms with Gasteiger partial charge >= 0.3 is 0 Å². The third kappa shape index (κ3) is 6.00. The zero-order valence-electron chi connectivity index (χ0n) is 14.7. The molecule has 0 bridgehead atoms. The van der Waals surface area contributed by atoms with Gasteiger partial charge in [0.1, 0.15) is 5.75 Å². The Kier molecular flexibility index (Phi) is 9.22. The first-order chi connectivity index (χ1) is 10.7. The molecule has 0 aromatic heterocycles. The van der Waals surface area contributed by atoms with Crippen molar-refractivity contribution in [2.45, 2.75) is 84.8 Å². The molecule has 0 fully saturated rings. The topological polar surface area (TPSA) is 29.5 Å². The Morgan fingerprint density at radius 2 is 1.32 bits per heavy atom. The van der Waals surface area contributed by atoms with E-state index in [0.717, 1.165) is 63.5 Å². The SMILES string of the molecule is CCCCC(CCCC)(CCCC)C(O)Oc1ccccc1. The van der Waals surface area contributed by atoms with Gasteiger partial charge in [0, 0.05) is 5.41 Å². The maximum atomic E-state index is 10.9. The minimum absolute atomic E-state index is 0.0993. The Morgan fingerprint density at radius 3 is 1.73 bits per heavy atom. The van der Waals surface area contributed by atoms with E-state index in [0.29, 0.717) is 0 Å². The summed E-state index contributed by atoms with van der Waals surface area (Å²) in [7, 11) is 0. The van der Waals surface area contributed by atoms with E-state index in [1.807, 2.05) is 30.3 Å². The fourth-order valence-corrected chi connectivity index (χ4v) is 3.08. The fraction of sp³-hybridized carbons (Fsp3) is 0.700. The smallest absolute Gasteiger partial charge is 0.203 e. The first-order valence-electron chi connectivity index (χ1n) is 9.08. The molecule has 22 heavy (non-hydrogen) atoms. The Hall–Kier alpha value is -1.02. The van der Waals surface area contributed by atoms with Gasteiger partial charge in [-0.25, -0.2) is 0 Å². The van der Waals surface area contributed by atoms with Crippen molar-refractivity contribution >= 4 is 0 Å². The summed E-state index contributed by atoms with van der Waals surface area (Å²) in [5.41, 5.74) is -0.0993. The van der Waals surface area contributed by atoms with Crippen LogP contribution in [0.4, 0.5) is 0 Å². The zero-order chi connectivity index (χ0) is 16.3. The maximum absolute atomic E-state index is 10.9. The molecule has 126 valence electrons. The van der Waals surface area contributed by atoms with E-state index in [2.05, 4.69) is 20.8 Å². The summed E-state index contributed by atoms with van der Waals surface area (Å²) >= 11 is 0. The molecule has 0 radical (unpaired) electrons. The highest BCUT2D eigenvalue weighted by atomic mass is 16.6. The van der Waals surface area contributed by atoms with Crippen molar-refractivity contribution in [2.24, 2.45) is 5.41 Å². The minimum Gasteiger partial charge on any atom is -0.465 e. The Labute approximate surface area is 136 Å². The van der Waals surface area contributed by atoms with E-state index in [1.165, 1.54) is 0 Å². The average molecular weight is 306 g/mol. The van der Waals surface area contributed by atoms with Gasteiger partial charge in [0.05, 0.1) is 0 Å². The van der Waals surface area contributed by atoms with Gasteiger partial charge in [-0.2, -0.15) is 0 Å². The average Bonchev–Trinajstić information content (AvgIpc) is 2.55. The van der Waals surface area contributed by atoms with Gasteiger partial charge in [-0.3, -0.25) is 0 Å². The molecule has 0 aliphatic rings. The summed E-state index contributed by atoms with van der Waals surface area (Å²) in [6.45, 7) is 6.65. The van der Waals surface area contributed by atoms with Gasteiger partial charge in [0.15, 0.2) is 0 Å². The van der Waals surface area contributed by atoms with Gasteiger partial charge < -0.3 is 9.84 Å². The van der Waals surface area contributed by atoms with Gasteiger partial charge in [0.25, 0.3) is 0 Å². The second-order valence-electron chi connectivity index (χ2n) is 6.46. The van der Waals surface area contributed by atoms with Crippen LogP contribution in [0.15, 0.2) is 30.3 Å². The van der Waals surface area contributed by atoms with Crippen LogP contribution < -0.4 is 4.74 Å². The molecule has 1 N–H and O–H groups in total. The lowest BCUT2D eigenvalue weighted by atomic mass is 9.73. The first-order valence-corrected chi connectivity index (χ1v) is 9.08. The number of hydrogen-bond donors (Lipinski definition) is 1. The van der Waals surface area contributed by atoms with Crippen molar-refractivity contribution < 1.29 is 9.84 Å². The lowest BCUT2D eigenvalue weighted by Gasteiger charge is -2.38. The largest absolute Gasteiger partial charge is 0.465 e. The number of hydrogen-bond acceptors (Lipinski definition) is 2. The molecule has 1 atom stereocenters. The molecular formula is C20H34O2. The third-order valence-corrected chi connectivity index (χ3v) is 4.60. The Morgan fingerprint density at radius 1 is 0.864 bits per heavy atom. The Balaban J connectivity index is 2.86. The van der Waals surface area contributed by atoms with Crippen LogP contribution >= 0.6 is 0 Å². The van der Waals surface area contributed by atoms with Gasteiger partial charge in [-0.15, -0.1) is 0 Å². The molecule has 0 saturated heterocycles. The van der Waals surface area contributed by atoms with Gasteiger partial charge in [-0.1, -0.05) is 77.5 Å². The summed E-state index contributed by atoms with van der Waals surface area (Å²) in [5, 5.41) is 10.9. The van der Waals surface area contributed by atoms with Crippen molar-refractivity contribution in [3.8, 4) is 5.75 Å². The number of unbranched alkanes of at least 4 members (excludes halogenated alkanes) is 3. The summed E-state index contributed by atoms with van der Waals surface area (Å²) in [6, 6.07) is 9.72. The van der Waals surface area contributed by atoms with Crippen molar-refractivity contribution in [3.05, 3.63) is 30.3 Å². The number of benzene rings is 1. The predicted octanol–water partition coefficient (Wildman–Crippen LogP) is 5.94. The molecule has 2 nitrogen and oxygen atoms in total.